The maximum absolute atomic E-state index is 5.44. The lowest BCUT2D eigenvalue weighted by molar-refractivity contribution is 0.122. The molecule has 2 N–H and O–H groups in total. The Morgan fingerprint density at radius 1 is 1.07 bits per heavy atom. The maximum atomic E-state index is 5.44. The number of aromatic nitrogens is 3. The van der Waals surface area contributed by atoms with Crippen molar-refractivity contribution < 1.29 is 4.74 Å². The zero-order valence-electron chi connectivity index (χ0n) is 16.0. The van der Waals surface area contributed by atoms with Gasteiger partial charge in [0.05, 0.1) is 18.9 Å². The van der Waals surface area contributed by atoms with Crippen molar-refractivity contribution in [2.75, 3.05) is 36.5 Å². The van der Waals surface area contributed by atoms with Crippen molar-refractivity contribution in [1.82, 2.24) is 15.0 Å². The zero-order valence-corrected chi connectivity index (χ0v) is 16.0. The van der Waals surface area contributed by atoms with Gasteiger partial charge >= 0.3 is 0 Å². The van der Waals surface area contributed by atoms with Crippen LogP contribution in [0.1, 0.15) is 16.8 Å². The molecule has 1 fully saturated rings. The van der Waals surface area contributed by atoms with Crippen molar-refractivity contribution in [2.24, 2.45) is 0 Å². The molecule has 1 aliphatic rings. The quantitative estimate of drug-likeness (QED) is 0.734. The molecule has 27 heavy (non-hydrogen) atoms. The molecule has 140 valence electrons. The number of ether oxygens (including phenoxy) is 1. The van der Waals surface area contributed by atoms with Crippen LogP contribution >= 0.6 is 0 Å². The number of aromatic amines is 1. The van der Waals surface area contributed by atoms with Crippen molar-refractivity contribution in [1.29, 1.82) is 0 Å². The van der Waals surface area contributed by atoms with Gasteiger partial charge in [0.2, 0.25) is 5.95 Å². The SMILES string of the molecule is Cc1cc(N2CCOCC2)ccc1Nc1nccc(-c2c(C)c[nH]c2C)n1. The highest BCUT2D eigenvalue weighted by atomic mass is 16.5. The zero-order chi connectivity index (χ0) is 18.8. The smallest absolute Gasteiger partial charge is 0.227 e. The Balaban J connectivity index is 1.56. The molecule has 1 aromatic carbocycles. The number of nitrogens with one attached hydrogen (secondary N) is 2. The van der Waals surface area contributed by atoms with E-state index in [1.54, 1.807) is 6.20 Å². The van der Waals surface area contributed by atoms with E-state index in [2.05, 4.69) is 59.2 Å². The molecular formula is C21H25N5O. The van der Waals surface area contributed by atoms with Gasteiger partial charge < -0.3 is 19.9 Å². The minimum absolute atomic E-state index is 0.606. The summed E-state index contributed by atoms with van der Waals surface area (Å²) >= 11 is 0. The summed E-state index contributed by atoms with van der Waals surface area (Å²) in [6.45, 7) is 9.71. The first-order chi connectivity index (χ1) is 13.1. The predicted octanol–water partition coefficient (Wildman–Crippen LogP) is 3.98. The molecule has 0 atom stereocenters. The van der Waals surface area contributed by atoms with E-state index in [1.165, 1.54) is 16.8 Å². The first-order valence-electron chi connectivity index (χ1n) is 9.30. The first-order valence-corrected chi connectivity index (χ1v) is 9.30. The van der Waals surface area contributed by atoms with E-state index >= 15 is 0 Å². The van der Waals surface area contributed by atoms with Gasteiger partial charge in [-0.3, -0.25) is 0 Å². The standard InChI is InChI=1S/C21H25N5O/c1-14-12-17(26-8-10-27-11-9-26)4-5-18(14)24-21-22-7-6-19(25-21)20-15(2)13-23-16(20)3/h4-7,12-13,23H,8-11H2,1-3H3,(H,22,24,25). The second kappa shape index (κ2) is 7.40. The number of anilines is 3. The number of nitrogens with zero attached hydrogens (tertiary/aromatic N) is 3. The van der Waals surface area contributed by atoms with E-state index in [9.17, 15) is 0 Å². The molecule has 0 bridgehead atoms. The summed E-state index contributed by atoms with van der Waals surface area (Å²) in [5.41, 5.74) is 7.78. The second-order valence-electron chi connectivity index (χ2n) is 6.96. The van der Waals surface area contributed by atoms with Gasteiger partial charge in [-0.05, 0) is 56.2 Å². The molecule has 0 unspecified atom stereocenters. The number of rotatable bonds is 4. The van der Waals surface area contributed by atoms with Gasteiger partial charge in [-0.15, -0.1) is 0 Å². The lowest BCUT2D eigenvalue weighted by atomic mass is 10.1. The number of aryl methyl sites for hydroxylation is 3. The molecule has 0 spiro atoms. The minimum atomic E-state index is 0.606. The Kier molecular flexibility index (Phi) is 4.81. The molecule has 2 aromatic heterocycles. The van der Waals surface area contributed by atoms with Crippen molar-refractivity contribution in [3.63, 3.8) is 0 Å². The van der Waals surface area contributed by atoms with Crippen LogP contribution < -0.4 is 10.2 Å². The Labute approximate surface area is 159 Å². The van der Waals surface area contributed by atoms with Gasteiger partial charge in [-0.1, -0.05) is 0 Å². The number of hydrogen-bond donors (Lipinski definition) is 2. The molecule has 0 saturated carbocycles. The summed E-state index contributed by atoms with van der Waals surface area (Å²) in [5.74, 6) is 0.606. The normalized spacial score (nSPS) is 14.4. The molecule has 4 rings (SSSR count). The number of benzene rings is 1. The Morgan fingerprint density at radius 3 is 2.59 bits per heavy atom. The van der Waals surface area contributed by atoms with Gasteiger partial charge in [0.1, 0.15) is 0 Å². The Morgan fingerprint density at radius 2 is 1.89 bits per heavy atom. The van der Waals surface area contributed by atoms with Crippen LogP contribution in [0.5, 0.6) is 0 Å². The average molecular weight is 363 g/mol. The maximum Gasteiger partial charge on any atom is 0.227 e. The van der Waals surface area contributed by atoms with E-state index in [1.807, 2.05) is 12.3 Å². The fourth-order valence-corrected chi connectivity index (χ4v) is 3.54. The van der Waals surface area contributed by atoms with Crippen LogP contribution in [-0.2, 0) is 4.74 Å². The average Bonchev–Trinajstić information content (AvgIpc) is 3.02. The third-order valence-corrected chi connectivity index (χ3v) is 5.02. The number of morpholine rings is 1. The highest BCUT2D eigenvalue weighted by Gasteiger charge is 2.13. The summed E-state index contributed by atoms with van der Waals surface area (Å²) in [7, 11) is 0. The van der Waals surface area contributed by atoms with Crippen LogP contribution in [0.3, 0.4) is 0 Å². The molecule has 0 amide bonds. The third-order valence-electron chi connectivity index (χ3n) is 5.02. The molecule has 0 aliphatic carbocycles. The van der Waals surface area contributed by atoms with Crippen LogP contribution in [-0.4, -0.2) is 41.3 Å². The highest BCUT2D eigenvalue weighted by Crippen LogP contribution is 2.28. The predicted molar refractivity (Wildman–Crippen MR) is 109 cm³/mol. The molecule has 3 aromatic rings. The molecule has 3 heterocycles. The van der Waals surface area contributed by atoms with Crippen LogP contribution in [0.15, 0.2) is 36.7 Å². The fraction of sp³-hybridized carbons (Fsp3) is 0.333. The molecule has 6 heteroatoms. The molecule has 1 saturated heterocycles. The Hall–Kier alpha value is -2.86. The highest BCUT2D eigenvalue weighted by molar-refractivity contribution is 5.69. The van der Waals surface area contributed by atoms with E-state index < -0.39 is 0 Å². The van der Waals surface area contributed by atoms with Gasteiger partial charge in [0, 0.05) is 48.1 Å². The van der Waals surface area contributed by atoms with Crippen molar-refractivity contribution in [3.05, 3.63) is 53.5 Å². The lowest BCUT2D eigenvalue weighted by Crippen LogP contribution is -2.36. The van der Waals surface area contributed by atoms with Crippen LogP contribution in [0.4, 0.5) is 17.3 Å². The van der Waals surface area contributed by atoms with Gasteiger partial charge in [0.25, 0.3) is 0 Å². The molecule has 1 aliphatic heterocycles. The summed E-state index contributed by atoms with van der Waals surface area (Å²) in [4.78, 5) is 14.7. The van der Waals surface area contributed by atoms with Crippen molar-refractivity contribution in [3.8, 4) is 11.3 Å². The van der Waals surface area contributed by atoms with Crippen LogP contribution in [0.25, 0.3) is 11.3 Å². The van der Waals surface area contributed by atoms with E-state index in [0.29, 0.717) is 5.95 Å². The second-order valence-corrected chi connectivity index (χ2v) is 6.96. The minimum Gasteiger partial charge on any atom is -0.378 e. The van der Waals surface area contributed by atoms with E-state index in [-0.39, 0.29) is 0 Å². The number of H-pyrrole nitrogens is 1. The van der Waals surface area contributed by atoms with Gasteiger partial charge in [-0.2, -0.15) is 0 Å². The monoisotopic (exact) mass is 363 g/mol. The summed E-state index contributed by atoms with van der Waals surface area (Å²) in [6, 6.07) is 8.40. The topological polar surface area (TPSA) is 66.1 Å². The van der Waals surface area contributed by atoms with Crippen molar-refractivity contribution >= 4 is 17.3 Å². The molecule has 0 radical (unpaired) electrons. The van der Waals surface area contributed by atoms with E-state index in [4.69, 9.17) is 9.72 Å². The van der Waals surface area contributed by atoms with Crippen LogP contribution in [0, 0.1) is 20.8 Å². The third kappa shape index (κ3) is 3.66. The van der Waals surface area contributed by atoms with Gasteiger partial charge in [-0.25, -0.2) is 9.97 Å². The molecular weight excluding hydrogens is 338 g/mol. The fourth-order valence-electron chi connectivity index (χ4n) is 3.54. The largest absolute Gasteiger partial charge is 0.378 e. The lowest BCUT2D eigenvalue weighted by Gasteiger charge is -2.29. The summed E-state index contributed by atoms with van der Waals surface area (Å²) < 4.78 is 5.44. The van der Waals surface area contributed by atoms with E-state index in [0.717, 1.165) is 48.9 Å². The number of hydrogen-bond acceptors (Lipinski definition) is 5. The Bertz CT molecular complexity index is 924. The van der Waals surface area contributed by atoms with Crippen molar-refractivity contribution in [2.45, 2.75) is 20.8 Å². The first kappa shape index (κ1) is 17.5. The molecule has 6 nitrogen and oxygen atoms in total. The van der Waals surface area contributed by atoms with Crippen LogP contribution in [0.2, 0.25) is 0 Å². The summed E-state index contributed by atoms with van der Waals surface area (Å²) in [6.07, 6.45) is 3.81. The summed E-state index contributed by atoms with van der Waals surface area (Å²) in [5, 5.41) is 3.37. The van der Waals surface area contributed by atoms with Gasteiger partial charge in [0.15, 0.2) is 0 Å².